The Morgan fingerprint density at radius 3 is 2.29 bits per heavy atom. The predicted octanol–water partition coefficient (Wildman–Crippen LogP) is 5.87. The first kappa shape index (κ1) is 19.7. The molecule has 0 spiro atoms. The van der Waals surface area contributed by atoms with Crippen LogP contribution in [0.4, 0.5) is 0 Å². The highest BCUT2D eigenvalue weighted by Crippen LogP contribution is 2.51. The molecule has 28 heavy (non-hydrogen) atoms. The number of benzene rings is 2. The van der Waals surface area contributed by atoms with Crippen LogP contribution in [0.15, 0.2) is 30.3 Å². The Morgan fingerprint density at radius 1 is 0.893 bits per heavy atom. The zero-order valence-electron chi connectivity index (χ0n) is 18.3. The molecule has 0 N–H and O–H groups in total. The molecule has 1 atom stereocenters. The molecule has 5 heteroatoms. The highest BCUT2D eigenvalue weighted by molar-refractivity contribution is 6.71. The lowest BCUT2D eigenvalue weighted by molar-refractivity contribution is 0.228. The van der Waals surface area contributed by atoms with Gasteiger partial charge in [-0.1, -0.05) is 24.3 Å². The lowest BCUT2D eigenvalue weighted by Crippen LogP contribution is -2.36. The van der Waals surface area contributed by atoms with Crippen molar-refractivity contribution in [2.24, 2.45) is 0 Å². The molecule has 2 aromatic carbocycles. The number of hydrogen-bond donors (Lipinski definition) is 0. The highest BCUT2D eigenvalue weighted by Gasteiger charge is 2.36. The minimum absolute atomic E-state index is 0.468. The van der Waals surface area contributed by atoms with Gasteiger partial charge >= 0.3 is 0 Å². The molecule has 1 aliphatic carbocycles. The zero-order valence-corrected chi connectivity index (χ0v) is 20.3. The quantitative estimate of drug-likeness (QED) is 0.588. The van der Waals surface area contributed by atoms with Crippen molar-refractivity contribution < 1.29 is 8.85 Å². The van der Waals surface area contributed by atoms with Crippen LogP contribution in [0.5, 0.6) is 11.5 Å². The number of likely N-dealkylation sites (N-methyl/N-ethyl adjacent to an activating group) is 1. The van der Waals surface area contributed by atoms with E-state index < -0.39 is 16.6 Å². The summed E-state index contributed by atoms with van der Waals surface area (Å²) in [5.74, 6) is 1.92. The highest BCUT2D eigenvalue weighted by atomic mass is 28.4. The monoisotopic (exact) mass is 411 g/mol. The molecular formula is C23H33NO2Si2. The molecule has 0 saturated carbocycles. The van der Waals surface area contributed by atoms with E-state index in [1.54, 1.807) is 0 Å². The molecule has 2 aliphatic rings. The molecule has 2 aromatic rings. The molecule has 1 aliphatic heterocycles. The summed E-state index contributed by atoms with van der Waals surface area (Å²) < 4.78 is 13.2. The molecule has 1 heterocycles. The topological polar surface area (TPSA) is 21.7 Å². The lowest BCUT2D eigenvalue weighted by atomic mass is 9.77. The third-order valence-corrected chi connectivity index (χ3v) is 7.16. The number of rotatable bonds is 4. The summed E-state index contributed by atoms with van der Waals surface area (Å²) in [7, 11) is -1.28. The van der Waals surface area contributed by atoms with Gasteiger partial charge in [-0.2, -0.15) is 0 Å². The van der Waals surface area contributed by atoms with E-state index in [0.29, 0.717) is 6.04 Å². The van der Waals surface area contributed by atoms with Crippen LogP contribution in [0.1, 0.15) is 22.7 Å². The molecule has 4 rings (SSSR count). The van der Waals surface area contributed by atoms with Crippen LogP contribution in [0.25, 0.3) is 11.1 Å². The van der Waals surface area contributed by atoms with E-state index in [9.17, 15) is 0 Å². The second-order valence-corrected chi connectivity index (χ2v) is 19.0. The summed E-state index contributed by atoms with van der Waals surface area (Å²) >= 11 is 0. The average molecular weight is 412 g/mol. The number of hydrogen-bond acceptors (Lipinski definition) is 3. The van der Waals surface area contributed by atoms with Crippen molar-refractivity contribution in [3.05, 3.63) is 47.0 Å². The fraction of sp³-hybridized carbons (Fsp3) is 0.478. The zero-order chi connectivity index (χ0) is 20.3. The predicted molar refractivity (Wildman–Crippen MR) is 123 cm³/mol. The van der Waals surface area contributed by atoms with Crippen LogP contribution < -0.4 is 8.85 Å². The fourth-order valence-corrected chi connectivity index (χ4v) is 6.10. The maximum Gasteiger partial charge on any atom is 0.242 e. The van der Waals surface area contributed by atoms with Crippen LogP contribution in [0.3, 0.4) is 0 Å². The summed E-state index contributed by atoms with van der Waals surface area (Å²) in [6, 6.07) is 11.7. The van der Waals surface area contributed by atoms with Gasteiger partial charge in [-0.3, -0.25) is 4.90 Å². The number of nitrogens with zero attached hydrogens (tertiary/aromatic N) is 1. The standard InChI is InChI=1S/C23H33NO2Si2/c1-24-14-13-16-9-8-10-18-21(16)19(24)15-17-11-12-20(25-27(2,3)4)23(22(17)18)26-28(5,6)7/h8-12,19H,13-15H2,1-7H3/t19-/m1/s1. The van der Waals surface area contributed by atoms with Crippen LogP contribution in [0, 0.1) is 0 Å². The summed E-state index contributed by atoms with van der Waals surface area (Å²) in [5, 5.41) is 0. The first-order chi connectivity index (χ1) is 13.0. The number of fused-ring (bicyclic) bond motifs is 2. The van der Waals surface area contributed by atoms with Crippen LogP contribution in [-0.4, -0.2) is 35.1 Å². The first-order valence-electron chi connectivity index (χ1n) is 10.4. The first-order valence-corrected chi connectivity index (χ1v) is 17.2. The summed E-state index contributed by atoms with van der Waals surface area (Å²) in [6.45, 7) is 14.6. The minimum atomic E-state index is -1.80. The van der Waals surface area contributed by atoms with Crippen molar-refractivity contribution in [1.82, 2.24) is 4.90 Å². The Balaban J connectivity index is 1.96. The van der Waals surface area contributed by atoms with Crippen LogP contribution in [-0.2, 0) is 12.8 Å². The normalized spacial score (nSPS) is 19.0. The van der Waals surface area contributed by atoms with Crippen molar-refractivity contribution >= 4 is 16.6 Å². The Kier molecular flexibility index (Phi) is 4.76. The molecule has 0 aromatic heterocycles. The third kappa shape index (κ3) is 3.67. The van der Waals surface area contributed by atoms with E-state index >= 15 is 0 Å². The van der Waals surface area contributed by atoms with E-state index in [4.69, 9.17) is 8.85 Å². The average Bonchev–Trinajstić information content (AvgIpc) is 2.57. The maximum atomic E-state index is 6.71. The van der Waals surface area contributed by atoms with Gasteiger partial charge < -0.3 is 8.85 Å². The summed E-state index contributed by atoms with van der Waals surface area (Å²) in [6.07, 6.45) is 2.17. The van der Waals surface area contributed by atoms with Crippen LogP contribution in [0.2, 0.25) is 39.3 Å². The van der Waals surface area contributed by atoms with Gasteiger partial charge in [0, 0.05) is 18.2 Å². The van der Waals surface area contributed by atoms with Crippen molar-refractivity contribution in [2.45, 2.75) is 58.2 Å². The Morgan fingerprint density at radius 2 is 1.61 bits per heavy atom. The lowest BCUT2D eigenvalue weighted by Gasteiger charge is -2.41. The van der Waals surface area contributed by atoms with E-state index in [-0.39, 0.29) is 0 Å². The molecule has 3 nitrogen and oxygen atoms in total. The second-order valence-electron chi connectivity index (χ2n) is 10.2. The third-order valence-electron chi connectivity index (χ3n) is 5.51. The van der Waals surface area contributed by atoms with E-state index in [1.165, 1.54) is 27.8 Å². The fourth-order valence-electron chi connectivity index (χ4n) is 4.47. The Bertz CT molecular complexity index is 912. The molecule has 0 fully saturated rings. The molecule has 0 bridgehead atoms. The molecule has 0 unspecified atom stereocenters. The van der Waals surface area contributed by atoms with Gasteiger partial charge in [0.1, 0.15) is 5.75 Å². The van der Waals surface area contributed by atoms with Crippen molar-refractivity contribution in [3.63, 3.8) is 0 Å². The second kappa shape index (κ2) is 6.75. The smallest absolute Gasteiger partial charge is 0.242 e. The van der Waals surface area contributed by atoms with Crippen molar-refractivity contribution in [2.75, 3.05) is 13.6 Å². The van der Waals surface area contributed by atoms with E-state index in [0.717, 1.165) is 30.9 Å². The van der Waals surface area contributed by atoms with Crippen molar-refractivity contribution in [1.29, 1.82) is 0 Å². The van der Waals surface area contributed by atoms with Gasteiger partial charge in [-0.05, 0) is 87.5 Å². The molecule has 150 valence electrons. The largest absolute Gasteiger partial charge is 0.542 e. The van der Waals surface area contributed by atoms with Gasteiger partial charge in [-0.25, -0.2) is 0 Å². The van der Waals surface area contributed by atoms with Gasteiger partial charge in [0.25, 0.3) is 0 Å². The van der Waals surface area contributed by atoms with Gasteiger partial charge in [0.15, 0.2) is 5.75 Å². The minimum Gasteiger partial charge on any atom is -0.542 e. The molecule has 0 radical (unpaired) electrons. The van der Waals surface area contributed by atoms with E-state index in [1.807, 2.05) is 0 Å². The maximum absolute atomic E-state index is 6.71. The van der Waals surface area contributed by atoms with Crippen molar-refractivity contribution in [3.8, 4) is 22.6 Å². The van der Waals surface area contributed by atoms with E-state index in [2.05, 4.69) is 81.6 Å². The molecule has 0 amide bonds. The summed E-state index contributed by atoms with van der Waals surface area (Å²) in [4.78, 5) is 2.51. The molecule has 0 saturated heterocycles. The van der Waals surface area contributed by atoms with Gasteiger partial charge in [0.2, 0.25) is 16.6 Å². The Hall–Kier alpha value is -1.57. The van der Waals surface area contributed by atoms with Crippen LogP contribution >= 0.6 is 0 Å². The SMILES string of the molecule is CN1CCc2cccc3c2[C@H]1Cc1ccc(O[Si](C)(C)C)c(O[Si](C)(C)C)c1-3. The Labute approximate surface area is 171 Å². The summed E-state index contributed by atoms with van der Waals surface area (Å²) in [5.41, 5.74) is 7.03. The van der Waals surface area contributed by atoms with Gasteiger partial charge in [-0.15, -0.1) is 0 Å². The van der Waals surface area contributed by atoms with Gasteiger partial charge in [0.05, 0.1) is 0 Å². The molecular weight excluding hydrogens is 378 g/mol.